The number of rotatable bonds is 10. The molecular weight excluding hydrogens is 348 g/mol. The molecule has 1 aromatic carbocycles. The van der Waals surface area contributed by atoms with Crippen molar-refractivity contribution < 1.29 is 4.79 Å². The minimum absolute atomic E-state index is 0.0334. The molecule has 3 rings (SSSR count). The van der Waals surface area contributed by atoms with Crippen molar-refractivity contribution in [2.75, 3.05) is 20.1 Å². The fourth-order valence-electron chi connectivity index (χ4n) is 2.70. The highest BCUT2D eigenvalue weighted by atomic mass is 32.2. The fraction of sp³-hybridized carbons (Fsp3) is 0.556. The van der Waals surface area contributed by atoms with Crippen molar-refractivity contribution >= 4 is 17.7 Å². The summed E-state index contributed by atoms with van der Waals surface area (Å²) in [5.74, 6) is 0.0334. The van der Waals surface area contributed by atoms with Crippen LogP contribution in [0.5, 0.6) is 0 Å². The second-order valence-electron chi connectivity index (χ2n) is 6.77. The summed E-state index contributed by atoms with van der Waals surface area (Å²) in [6, 6.07) is 10.8. The van der Waals surface area contributed by atoms with E-state index in [1.165, 1.54) is 17.3 Å². The largest absolute Gasteiger partial charge is 0.355 e. The SMILES string of the molecule is CC(Sc1nnnn1C1CC1)C(=O)NCCCN(C)Cc1ccccc1. The first-order valence-electron chi connectivity index (χ1n) is 9.08. The minimum atomic E-state index is -0.208. The quantitative estimate of drug-likeness (QED) is 0.507. The molecular formula is C18H26N6OS. The molecule has 1 unspecified atom stereocenters. The van der Waals surface area contributed by atoms with Crippen LogP contribution in [0.15, 0.2) is 35.5 Å². The van der Waals surface area contributed by atoms with Crippen molar-refractivity contribution in [2.24, 2.45) is 0 Å². The molecule has 0 spiro atoms. The van der Waals surface area contributed by atoms with Crippen LogP contribution in [0.4, 0.5) is 0 Å². The maximum atomic E-state index is 12.3. The number of hydrogen-bond acceptors (Lipinski definition) is 6. The Bertz CT molecular complexity index is 703. The molecule has 1 heterocycles. The van der Waals surface area contributed by atoms with Crippen LogP contribution in [-0.2, 0) is 11.3 Å². The predicted molar refractivity (Wildman–Crippen MR) is 102 cm³/mol. The van der Waals surface area contributed by atoms with Gasteiger partial charge in [-0.05, 0) is 55.8 Å². The smallest absolute Gasteiger partial charge is 0.233 e. The third kappa shape index (κ3) is 5.54. The van der Waals surface area contributed by atoms with Gasteiger partial charge in [-0.1, -0.05) is 42.1 Å². The maximum Gasteiger partial charge on any atom is 0.233 e. The van der Waals surface area contributed by atoms with Gasteiger partial charge in [-0.25, -0.2) is 4.68 Å². The molecule has 1 atom stereocenters. The van der Waals surface area contributed by atoms with E-state index >= 15 is 0 Å². The normalized spacial score (nSPS) is 15.2. The predicted octanol–water partition coefficient (Wildman–Crippen LogP) is 2.13. The van der Waals surface area contributed by atoms with Gasteiger partial charge in [0.25, 0.3) is 0 Å². The molecule has 0 aliphatic heterocycles. The van der Waals surface area contributed by atoms with E-state index in [0.29, 0.717) is 12.6 Å². The first-order valence-corrected chi connectivity index (χ1v) is 9.96. The summed E-state index contributed by atoms with van der Waals surface area (Å²) in [4.78, 5) is 14.5. The zero-order chi connectivity index (χ0) is 18.4. The number of carbonyl (C=O) groups excluding carboxylic acids is 1. The zero-order valence-electron chi connectivity index (χ0n) is 15.3. The van der Waals surface area contributed by atoms with Crippen molar-refractivity contribution in [3.8, 4) is 0 Å². The molecule has 0 radical (unpaired) electrons. The van der Waals surface area contributed by atoms with E-state index in [4.69, 9.17) is 0 Å². The summed E-state index contributed by atoms with van der Waals surface area (Å²) in [6.07, 6.45) is 3.16. The molecule has 8 heteroatoms. The van der Waals surface area contributed by atoms with Gasteiger partial charge in [0.1, 0.15) is 0 Å². The summed E-state index contributed by atoms with van der Waals surface area (Å²) in [7, 11) is 2.10. The number of nitrogens with one attached hydrogen (secondary N) is 1. The average molecular weight is 375 g/mol. The van der Waals surface area contributed by atoms with E-state index in [0.717, 1.165) is 37.5 Å². The van der Waals surface area contributed by atoms with E-state index in [-0.39, 0.29) is 11.2 Å². The third-order valence-electron chi connectivity index (χ3n) is 4.32. The van der Waals surface area contributed by atoms with Crippen molar-refractivity contribution in [2.45, 2.75) is 49.2 Å². The first kappa shape index (κ1) is 18.8. The molecule has 1 saturated carbocycles. The Hall–Kier alpha value is -1.93. The van der Waals surface area contributed by atoms with Crippen LogP contribution < -0.4 is 5.32 Å². The lowest BCUT2D eigenvalue weighted by molar-refractivity contribution is -0.120. The minimum Gasteiger partial charge on any atom is -0.355 e. The van der Waals surface area contributed by atoms with E-state index in [2.05, 4.69) is 57.1 Å². The molecule has 1 amide bonds. The number of tetrazole rings is 1. The molecule has 1 aliphatic carbocycles. The van der Waals surface area contributed by atoms with Gasteiger partial charge in [0.05, 0.1) is 11.3 Å². The van der Waals surface area contributed by atoms with Gasteiger partial charge in [-0.3, -0.25) is 4.79 Å². The summed E-state index contributed by atoms with van der Waals surface area (Å²) in [5.41, 5.74) is 1.30. The highest BCUT2D eigenvalue weighted by Crippen LogP contribution is 2.37. The summed E-state index contributed by atoms with van der Waals surface area (Å²) < 4.78 is 1.84. The highest BCUT2D eigenvalue weighted by Gasteiger charge is 2.29. The molecule has 140 valence electrons. The summed E-state index contributed by atoms with van der Waals surface area (Å²) in [5, 5.41) is 15.3. The lowest BCUT2D eigenvalue weighted by atomic mass is 10.2. The summed E-state index contributed by atoms with van der Waals surface area (Å²) >= 11 is 1.42. The van der Waals surface area contributed by atoms with E-state index < -0.39 is 0 Å². The molecule has 7 nitrogen and oxygen atoms in total. The molecule has 1 N–H and O–H groups in total. The van der Waals surface area contributed by atoms with Gasteiger partial charge in [-0.2, -0.15) is 0 Å². The van der Waals surface area contributed by atoms with Gasteiger partial charge in [-0.15, -0.1) is 5.10 Å². The van der Waals surface area contributed by atoms with Gasteiger partial charge in [0, 0.05) is 13.1 Å². The Morgan fingerprint density at radius 3 is 2.88 bits per heavy atom. The number of amides is 1. The van der Waals surface area contributed by atoms with Crippen LogP contribution >= 0.6 is 11.8 Å². The molecule has 1 aliphatic rings. The van der Waals surface area contributed by atoms with Crippen molar-refractivity contribution in [3.63, 3.8) is 0 Å². The third-order valence-corrected chi connectivity index (χ3v) is 5.37. The molecule has 0 bridgehead atoms. The van der Waals surface area contributed by atoms with Crippen molar-refractivity contribution in [1.29, 1.82) is 0 Å². The van der Waals surface area contributed by atoms with E-state index in [1.807, 2.05) is 17.7 Å². The number of thioether (sulfide) groups is 1. The zero-order valence-corrected chi connectivity index (χ0v) is 16.2. The second-order valence-corrected chi connectivity index (χ2v) is 8.07. The van der Waals surface area contributed by atoms with Crippen LogP contribution in [0, 0.1) is 0 Å². The van der Waals surface area contributed by atoms with E-state index in [1.54, 1.807) is 0 Å². The van der Waals surface area contributed by atoms with Crippen LogP contribution in [0.1, 0.15) is 37.8 Å². The number of benzene rings is 1. The van der Waals surface area contributed by atoms with Gasteiger partial charge in [0.15, 0.2) is 0 Å². The number of nitrogens with zero attached hydrogens (tertiary/aromatic N) is 5. The average Bonchev–Trinajstić information content (AvgIpc) is 3.38. The van der Waals surface area contributed by atoms with Gasteiger partial charge in [0.2, 0.25) is 11.1 Å². The molecule has 26 heavy (non-hydrogen) atoms. The Kier molecular flexibility index (Phi) is 6.62. The van der Waals surface area contributed by atoms with Crippen LogP contribution in [0.25, 0.3) is 0 Å². The lowest BCUT2D eigenvalue weighted by Crippen LogP contribution is -2.33. The van der Waals surface area contributed by atoms with Crippen LogP contribution in [-0.4, -0.2) is 56.4 Å². The topological polar surface area (TPSA) is 75.9 Å². The Morgan fingerprint density at radius 2 is 2.15 bits per heavy atom. The number of hydrogen-bond donors (Lipinski definition) is 1. The Balaban J connectivity index is 1.33. The van der Waals surface area contributed by atoms with Crippen molar-refractivity contribution in [3.05, 3.63) is 35.9 Å². The molecule has 1 aromatic heterocycles. The van der Waals surface area contributed by atoms with Crippen molar-refractivity contribution in [1.82, 2.24) is 30.4 Å². The Morgan fingerprint density at radius 1 is 1.38 bits per heavy atom. The van der Waals surface area contributed by atoms with E-state index in [9.17, 15) is 4.79 Å². The monoisotopic (exact) mass is 374 g/mol. The molecule has 2 aromatic rings. The maximum absolute atomic E-state index is 12.3. The van der Waals surface area contributed by atoms with Crippen LogP contribution in [0.2, 0.25) is 0 Å². The molecule has 1 fully saturated rings. The first-order chi connectivity index (χ1) is 12.6. The van der Waals surface area contributed by atoms with Gasteiger partial charge >= 0.3 is 0 Å². The lowest BCUT2D eigenvalue weighted by Gasteiger charge is -2.17. The highest BCUT2D eigenvalue weighted by molar-refractivity contribution is 8.00. The summed E-state index contributed by atoms with van der Waals surface area (Å²) in [6.45, 7) is 4.44. The fourth-order valence-corrected chi connectivity index (χ4v) is 3.59. The standard InChI is InChI=1S/C18H26N6OS/c1-14(26-18-20-21-22-24(18)16-9-10-16)17(25)19-11-6-12-23(2)13-15-7-4-3-5-8-15/h3-5,7-8,14,16H,6,9-13H2,1-2H3,(H,19,25). The molecule has 0 saturated heterocycles. The number of aromatic nitrogens is 4. The van der Waals surface area contributed by atoms with Gasteiger partial charge < -0.3 is 10.2 Å². The number of carbonyl (C=O) groups is 1. The second kappa shape index (κ2) is 9.14. The van der Waals surface area contributed by atoms with Crippen LogP contribution in [0.3, 0.4) is 0 Å². The Labute approximate surface area is 158 Å².